The molecular weight excluding hydrogens is 304 g/mol. The van der Waals surface area contributed by atoms with Crippen LogP contribution >= 0.6 is 11.6 Å². The average Bonchev–Trinajstić information content (AvgIpc) is 3.15. The van der Waals surface area contributed by atoms with Gasteiger partial charge in [-0.25, -0.2) is 0 Å². The van der Waals surface area contributed by atoms with E-state index in [4.69, 9.17) is 16.3 Å². The van der Waals surface area contributed by atoms with Crippen molar-refractivity contribution in [2.45, 2.75) is 25.4 Å². The lowest BCUT2D eigenvalue weighted by Gasteiger charge is -2.17. The van der Waals surface area contributed by atoms with E-state index in [9.17, 15) is 9.59 Å². The highest BCUT2D eigenvalue weighted by molar-refractivity contribution is 6.30. The Morgan fingerprint density at radius 3 is 2.82 bits per heavy atom. The molecular formula is C16H19ClN2O3. The van der Waals surface area contributed by atoms with Crippen LogP contribution in [-0.2, 0) is 14.3 Å². The molecule has 2 aliphatic heterocycles. The number of nitrogens with one attached hydrogen (secondary N) is 1. The van der Waals surface area contributed by atoms with E-state index in [0.29, 0.717) is 18.1 Å². The number of hydrogen-bond donors (Lipinski definition) is 1. The summed E-state index contributed by atoms with van der Waals surface area (Å²) in [5.74, 6) is -0.399. The summed E-state index contributed by atoms with van der Waals surface area (Å²) in [4.78, 5) is 26.0. The highest BCUT2D eigenvalue weighted by Crippen LogP contribution is 2.26. The van der Waals surface area contributed by atoms with Gasteiger partial charge in [0.2, 0.25) is 11.8 Å². The van der Waals surface area contributed by atoms with Gasteiger partial charge in [-0.3, -0.25) is 9.59 Å². The van der Waals surface area contributed by atoms with Gasteiger partial charge >= 0.3 is 0 Å². The van der Waals surface area contributed by atoms with Gasteiger partial charge in [0.05, 0.1) is 12.0 Å². The van der Waals surface area contributed by atoms with E-state index in [2.05, 4.69) is 5.32 Å². The summed E-state index contributed by atoms with van der Waals surface area (Å²) in [7, 11) is 0. The second-order valence-corrected chi connectivity index (χ2v) is 6.20. The standard InChI is InChI=1S/C16H19ClN2O3/c17-12-3-5-13(6-4-12)19-10-11(8-15(19)20)16(21)18-9-14-2-1-7-22-14/h3-6,11,14H,1-2,7-10H2,(H,18,21)/t11-,14-/m1/s1. The first-order chi connectivity index (χ1) is 10.6. The molecule has 22 heavy (non-hydrogen) atoms. The number of halogens is 1. The van der Waals surface area contributed by atoms with Crippen molar-refractivity contribution in [2.24, 2.45) is 5.92 Å². The third-order valence-corrected chi connectivity index (χ3v) is 4.41. The first-order valence-electron chi connectivity index (χ1n) is 7.59. The summed E-state index contributed by atoms with van der Waals surface area (Å²) >= 11 is 5.86. The van der Waals surface area contributed by atoms with Crippen molar-refractivity contribution in [1.82, 2.24) is 5.32 Å². The fourth-order valence-electron chi connectivity index (χ4n) is 2.92. The highest BCUT2D eigenvalue weighted by atomic mass is 35.5. The quantitative estimate of drug-likeness (QED) is 0.922. The van der Waals surface area contributed by atoms with E-state index in [1.54, 1.807) is 29.2 Å². The molecule has 0 bridgehead atoms. The zero-order chi connectivity index (χ0) is 15.5. The summed E-state index contributed by atoms with van der Waals surface area (Å²) in [6, 6.07) is 7.09. The van der Waals surface area contributed by atoms with Crippen LogP contribution in [0.1, 0.15) is 19.3 Å². The minimum Gasteiger partial charge on any atom is -0.376 e. The fourth-order valence-corrected chi connectivity index (χ4v) is 3.04. The molecule has 1 aromatic carbocycles. The van der Waals surface area contributed by atoms with Crippen molar-refractivity contribution >= 4 is 29.1 Å². The maximum Gasteiger partial charge on any atom is 0.227 e. The normalized spacial score (nSPS) is 24.8. The van der Waals surface area contributed by atoms with Crippen LogP contribution in [0.3, 0.4) is 0 Å². The predicted octanol–water partition coefficient (Wildman–Crippen LogP) is 1.99. The molecule has 0 saturated carbocycles. The molecule has 2 amide bonds. The van der Waals surface area contributed by atoms with E-state index >= 15 is 0 Å². The fraction of sp³-hybridized carbons (Fsp3) is 0.500. The van der Waals surface area contributed by atoms with Gasteiger partial charge in [0.15, 0.2) is 0 Å². The molecule has 2 aliphatic rings. The lowest BCUT2D eigenvalue weighted by atomic mass is 10.1. The molecule has 2 fully saturated rings. The molecule has 0 unspecified atom stereocenters. The van der Waals surface area contributed by atoms with Crippen LogP contribution in [0.25, 0.3) is 0 Å². The molecule has 2 saturated heterocycles. The Morgan fingerprint density at radius 2 is 2.14 bits per heavy atom. The number of anilines is 1. The summed E-state index contributed by atoms with van der Waals surface area (Å²) in [5, 5.41) is 3.53. The van der Waals surface area contributed by atoms with Crippen molar-refractivity contribution in [1.29, 1.82) is 0 Å². The van der Waals surface area contributed by atoms with Gasteiger partial charge in [-0.15, -0.1) is 0 Å². The summed E-state index contributed by atoms with van der Waals surface area (Å²) in [6.45, 7) is 1.72. The Kier molecular flexibility index (Phi) is 4.64. The van der Waals surface area contributed by atoms with Crippen molar-refractivity contribution in [3.05, 3.63) is 29.3 Å². The summed E-state index contributed by atoms with van der Waals surface area (Å²) < 4.78 is 5.48. The van der Waals surface area contributed by atoms with Crippen LogP contribution in [0, 0.1) is 5.92 Å². The van der Waals surface area contributed by atoms with Crippen molar-refractivity contribution in [3.8, 4) is 0 Å². The van der Waals surface area contributed by atoms with E-state index in [-0.39, 0.29) is 30.3 Å². The predicted molar refractivity (Wildman–Crippen MR) is 83.9 cm³/mol. The second-order valence-electron chi connectivity index (χ2n) is 5.76. The smallest absolute Gasteiger partial charge is 0.227 e. The Bertz CT molecular complexity index is 555. The summed E-state index contributed by atoms with van der Waals surface area (Å²) in [6.07, 6.45) is 2.40. The van der Waals surface area contributed by atoms with Crippen LogP contribution in [-0.4, -0.2) is 37.6 Å². The minimum absolute atomic E-state index is 0.0282. The van der Waals surface area contributed by atoms with Crippen molar-refractivity contribution in [2.75, 3.05) is 24.6 Å². The number of hydrogen-bond acceptors (Lipinski definition) is 3. The number of carbonyl (C=O) groups is 2. The monoisotopic (exact) mass is 322 g/mol. The van der Waals surface area contributed by atoms with Gasteiger partial charge < -0.3 is 15.0 Å². The molecule has 2 atom stereocenters. The van der Waals surface area contributed by atoms with E-state index in [1.807, 2.05) is 0 Å². The molecule has 2 heterocycles. The Balaban J connectivity index is 1.56. The van der Waals surface area contributed by atoms with Crippen LogP contribution in [0.15, 0.2) is 24.3 Å². The van der Waals surface area contributed by atoms with E-state index in [0.717, 1.165) is 25.1 Å². The maximum absolute atomic E-state index is 12.2. The van der Waals surface area contributed by atoms with E-state index < -0.39 is 0 Å². The molecule has 0 aliphatic carbocycles. The van der Waals surface area contributed by atoms with Gasteiger partial charge in [0.1, 0.15) is 0 Å². The molecule has 118 valence electrons. The minimum atomic E-state index is -0.301. The molecule has 3 rings (SSSR count). The van der Waals surface area contributed by atoms with Crippen LogP contribution in [0.5, 0.6) is 0 Å². The first kappa shape index (κ1) is 15.3. The Hall–Kier alpha value is -1.59. The molecule has 6 heteroatoms. The topological polar surface area (TPSA) is 58.6 Å². The number of carbonyl (C=O) groups excluding carboxylic acids is 2. The molecule has 0 spiro atoms. The Labute approximate surface area is 134 Å². The first-order valence-corrected chi connectivity index (χ1v) is 7.96. The maximum atomic E-state index is 12.2. The molecule has 0 radical (unpaired) electrons. The van der Waals surface area contributed by atoms with Crippen molar-refractivity contribution in [3.63, 3.8) is 0 Å². The number of amides is 2. The number of nitrogens with zero attached hydrogens (tertiary/aromatic N) is 1. The molecule has 0 aromatic heterocycles. The van der Waals surface area contributed by atoms with E-state index in [1.165, 1.54) is 0 Å². The zero-order valence-electron chi connectivity index (χ0n) is 12.3. The zero-order valence-corrected chi connectivity index (χ0v) is 13.0. The van der Waals surface area contributed by atoms with Crippen LogP contribution in [0.2, 0.25) is 5.02 Å². The molecule has 1 N–H and O–H groups in total. The molecule has 1 aromatic rings. The number of benzene rings is 1. The van der Waals surface area contributed by atoms with Gasteiger partial charge in [0, 0.05) is 36.8 Å². The van der Waals surface area contributed by atoms with Gasteiger partial charge in [-0.05, 0) is 37.1 Å². The van der Waals surface area contributed by atoms with Gasteiger partial charge in [0.25, 0.3) is 0 Å². The summed E-state index contributed by atoms with van der Waals surface area (Å²) in [5.41, 5.74) is 0.781. The highest BCUT2D eigenvalue weighted by Gasteiger charge is 2.35. The van der Waals surface area contributed by atoms with Crippen molar-refractivity contribution < 1.29 is 14.3 Å². The van der Waals surface area contributed by atoms with Crippen LogP contribution < -0.4 is 10.2 Å². The third kappa shape index (κ3) is 3.42. The second kappa shape index (κ2) is 6.67. The lowest BCUT2D eigenvalue weighted by Crippen LogP contribution is -2.37. The molecule has 5 nitrogen and oxygen atoms in total. The Morgan fingerprint density at radius 1 is 1.36 bits per heavy atom. The van der Waals surface area contributed by atoms with Gasteiger partial charge in [-0.2, -0.15) is 0 Å². The average molecular weight is 323 g/mol. The van der Waals surface area contributed by atoms with Gasteiger partial charge in [-0.1, -0.05) is 11.6 Å². The van der Waals surface area contributed by atoms with Crippen LogP contribution in [0.4, 0.5) is 5.69 Å². The number of ether oxygens (including phenoxy) is 1. The lowest BCUT2D eigenvalue weighted by molar-refractivity contribution is -0.126. The third-order valence-electron chi connectivity index (χ3n) is 4.16. The number of rotatable bonds is 4. The largest absolute Gasteiger partial charge is 0.376 e. The SMILES string of the molecule is O=C(NC[C@H]1CCCO1)[C@@H]1CC(=O)N(c2ccc(Cl)cc2)C1.